The molecule has 1 N–H and O–H groups in total. The van der Waals surface area contributed by atoms with Gasteiger partial charge in [-0.2, -0.15) is 9.97 Å². The second-order valence-corrected chi connectivity index (χ2v) is 8.17. The molecular weight excluding hydrogens is 492 g/mol. The Hall–Kier alpha value is -4.41. The van der Waals surface area contributed by atoms with Crippen LogP contribution < -0.4 is 14.4 Å². The fourth-order valence-corrected chi connectivity index (χ4v) is 3.68. The largest absolute Gasteiger partial charge is 0.469 e. The summed E-state index contributed by atoms with van der Waals surface area (Å²) in [6.07, 6.45) is 0.376. The van der Waals surface area contributed by atoms with Crippen molar-refractivity contribution in [3.05, 3.63) is 40.2 Å². The van der Waals surface area contributed by atoms with Gasteiger partial charge in [0.25, 0.3) is 15.7 Å². The summed E-state index contributed by atoms with van der Waals surface area (Å²) < 4.78 is 41.7. The molecule has 0 bridgehead atoms. The van der Waals surface area contributed by atoms with E-state index in [0.717, 1.165) is 32.6 Å². The van der Waals surface area contributed by atoms with Crippen LogP contribution in [0.4, 0.5) is 16.4 Å². The number of nitro benzene ring substituents is 1. The maximum Gasteiger partial charge on any atom is 0.337 e. The number of ether oxygens (including phenoxy) is 3. The molecule has 1 heterocycles. The molecule has 1 aromatic heterocycles. The monoisotopic (exact) mass is 512 g/mol. The Kier molecular flexibility index (Phi) is 8.92. The van der Waals surface area contributed by atoms with Gasteiger partial charge in [0.2, 0.25) is 5.95 Å². The number of aromatic nitrogens is 3. The zero-order chi connectivity index (χ0) is 26.2. The Morgan fingerprint density at radius 1 is 1.14 bits per heavy atom. The predicted molar refractivity (Wildman–Crippen MR) is 115 cm³/mol. The van der Waals surface area contributed by atoms with Crippen LogP contribution in [0, 0.1) is 10.1 Å². The minimum atomic E-state index is -4.70. The first-order valence-corrected chi connectivity index (χ1v) is 11.0. The number of nitrogens with zero attached hydrogens (tertiary/aromatic N) is 5. The number of esters is 2. The van der Waals surface area contributed by atoms with Crippen molar-refractivity contribution >= 4 is 39.6 Å². The van der Waals surface area contributed by atoms with Crippen molar-refractivity contribution in [2.75, 3.05) is 32.8 Å². The number of anilines is 1. The molecule has 35 heavy (non-hydrogen) atoms. The van der Waals surface area contributed by atoms with Crippen molar-refractivity contribution in [2.45, 2.75) is 17.7 Å². The lowest BCUT2D eigenvalue weighted by Crippen LogP contribution is -2.41. The molecule has 2 rings (SSSR count). The number of carbonyl (C=O) groups excluding carboxylic acids is 3. The lowest BCUT2D eigenvalue weighted by Gasteiger charge is -2.17. The van der Waals surface area contributed by atoms with Gasteiger partial charge in [0.1, 0.15) is 12.9 Å². The van der Waals surface area contributed by atoms with Crippen LogP contribution in [0.25, 0.3) is 0 Å². The Bertz CT molecular complexity index is 1240. The summed E-state index contributed by atoms with van der Waals surface area (Å²) in [4.78, 5) is 57.0. The molecule has 0 atom stereocenters. The molecule has 0 unspecified atom stereocenters. The molecule has 2 aromatic rings. The summed E-state index contributed by atoms with van der Waals surface area (Å²) in [5.41, 5.74) is -0.710. The Morgan fingerprint density at radius 2 is 1.83 bits per heavy atom. The number of non-ortho nitro benzene ring substituents is 1. The number of methoxy groups -OCH3 is 2. The van der Waals surface area contributed by atoms with E-state index in [0.29, 0.717) is 11.0 Å². The van der Waals surface area contributed by atoms with Crippen LogP contribution in [0.15, 0.2) is 29.4 Å². The first kappa shape index (κ1) is 26.8. The van der Waals surface area contributed by atoms with Crippen molar-refractivity contribution in [1.29, 1.82) is 0 Å². The van der Waals surface area contributed by atoms with E-state index >= 15 is 0 Å². The molecule has 188 valence electrons. The summed E-state index contributed by atoms with van der Waals surface area (Å²) in [5.74, 6) is -1.65. The van der Waals surface area contributed by atoms with E-state index in [1.54, 1.807) is 4.72 Å². The van der Waals surface area contributed by atoms with Crippen LogP contribution >= 0.6 is 0 Å². The maximum absolute atomic E-state index is 12.9. The molecule has 17 heteroatoms. The molecule has 0 aliphatic carbocycles. The molecule has 0 radical (unpaired) electrons. The SMILES string of the molecule is COC(=O)CCOc1ncnc(N(C)C(=O)NS(=O)(=O)c2cc([N+](=O)[O-])ccc2CC(=O)OC)n1. The van der Waals surface area contributed by atoms with Crippen LogP contribution in [0.5, 0.6) is 6.01 Å². The number of rotatable bonds is 10. The van der Waals surface area contributed by atoms with Crippen molar-refractivity contribution in [3.8, 4) is 6.01 Å². The highest BCUT2D eigenvalue weighted by Gasteiger charge is 2.28. The lowest BCUT2D eigenvalue weighted by molar-refractivity contribution is -0.385. The third-order valence-electron chi connectivity index (χ3n) is 4.24. The fourth-order valence-electron chi connectivity index (χ4n) is 2.44. The van der Waals surface area contributed by atoms with E-state index in [9.17, 15) is 32.9 Å². The average molecular weight is 512 g/mol. The molecule has 0 fully saturated rings. The molecule has 0 saturated carbocycles. The summed E-state index contributed by atoms with van der Waals surface area (Å²) in [6, 6.07) is 1.32. The van der Waals surface area contributed by atoms with E-state index in [-0.39, 0.29) is 30.5 Å². The molecule has 1 aromatic carbocycles. The zero-order valence-corrected chi connectivity index (χ0v) is 19.5. The van der Waals surface area contributed by atoms with Crippen LogP contribution in [-0.4, -0.2) is 74.1 Å². The van der Waals surface area contributed by atoms with Gasteiger partial charge < -0.3 is 14.2 Å². The van der Waals surface area contributed by atoms with E-state index in [4.69, 9.17) is 4.74 Å². The molecule has 0 saturated heterocycles. The smallest absolute Gasteiger partial charge is 0.337 e. The molecular formula is C18H20N6O10S. The van der Waals surface area contributed by atoms with E-state index < -0.39 is 49.9 Å². The second-order valence-electron chi connectivity index (χ2n) is 6.51. The van der Waals surface area contributed by atoms with Gasteiger partial charge >= 0.3 is 24.0 Å². The highest BCUT2D eigenvalue weighted by Crippen LogP contribution is 2.23. The maximum atomic E-state index is 12.9. The Labute approximate surface area is 198 Å². The number of urea groups is 1. The van der Waals surface area contributed by atoms with Gasteiger partial charge in [-0.25, -0.2) is 22.9 Å². The summed E-state index contributed by atoms with van der Waals surface area (Å²) in [7, 11) is -1.27. The van der Waals surface area contributed by atoms with Crippen LogP contribution in [-0.2, 0) is 35.5 Å². The molecule has 0 aliphatic rings. The molecule has 16 nitrogen and oxygen atoms in total. The number of benzene rings is 1. The molecule has 0 spiro atoms. The number of amides is 2. The number of nitro groups is 1. The van der Waals surface area contributed by atoms with Crippen molar-refractivity contribution in [3.63, 3.8) is 0 Å². The zero-order valence-electron chi connectivity index (χ0n) is 18.7. The third-order valence-corrected chi connectivity index (χ3v) is 5.64. The lowest BCUT2D eigenvalue weighted by atomic mass is 10.1. The standard InChI is InChI=1S/C18H20N6O10S/c1-23(16-19-10-20-17(21-16)34-7-6-14(25)32-2)18(27)22-35(30,31)13-9-12(24(28)29)5-4-11(13)8-15(26)33-3/h4-5,9-10H,6-8H2,1-3H3,(H,22,27). The Balaban J connectivity index is 2.25. The number of hydrogen-bond acceptors (Lipinski definition) is 13. The van der Waals surface area contributed by atoms with Gasteiger partial charge in [-0.15, -0.1) is 0 Å². The normalized spacial score (nSPS) is 10.7. The second kappa shape index (κ2) is 11.6. The van der Waals surface area contributed by atoms with Crippen molar-refractivity contribution in [2.24, 2.45) is 0 Å². The Morgan fingerprint density at radius 3 is 2.46 bits per heavy atom. The first-order valence-electron chi connectivity index (χ1n) is 9.51. The van der Waals surface area contributed by atoms with Gasteiger partial charge in [-0.3, -0.25) is 24.6 Å². The van der Waals surface area contributed by atoms with E-state index in [2.05, 4.69) is 24.4 Å². The number of carbonyl (C=O) groups is 3. The van der Waals surface area contributed by atoms with Crippen LogP contribution in [0.2, 0.25) is 0 Å². The predicted octanol–water partition coefficient (Wildman–Crippen LogP) is -0.0281. The van der Waals surface area contributed by atoms with Gasteiger partial charge in [0, 0.05) is 19.2 Å². The quantitative estimate of drug-likeness (QED) is 0.252. The van der Waals surface area contributed by atoms with Crippen molar-refractivity contribution in [1.82, 2.24) is 19.7 Å². The van der Waals surface area contributed by atoms with Crippen LogP contribution in [0.3, 0.4) is 0 Å². The highest BCUT2D eigenvalue weighted by atomic mass is 32.2. The molecule has 2 amide bonds. The average Bonchev–Trinajstić information content (AvgIpc) is 2.83. The topological polar surface area (TPSA) is 210 Å². The number of nitrogens with one attached hydrogen (secondary N) is 1. The summed E-state index contributed by atoms with van der Waals surface area (Å²) in [5, 5.41) is 11.1. The fraction of sp³-hybridized carbons (Fsp3) is 0.333. The van der Waals surface area contributed by atoms with E-state index in [1.165, 1.54) is 7.11 Å². The van der Waals surface area contributed by atoms with Gasteiger partial charge in [0.05, 0.1) is 36.9 Å². The highest BCUT2D eigenvalue weighted by molar-refractivity contribution is 7.90. The summed E-state index contributed by atoms with van der Waals surface area (Å²) >= 11 is 0. The molecule has 0 aliphatic heterocycles. The number of hydrogen-bond donors (Lipinski definition) is 1. The number of sulfonamides is 1. The minimum Gasteiger partial charge on any atom is -0.469 e. The minimum absolute atomic E-state index is 0.0940. The van der Waals surface area contributed by atoms with Crippen molar-refractivity contribution < 1.29 is 41.9 Å². The van der Waals surface area contributed by atoms with Gasteiger partial charge in [-0.1, -0.05) is 6.07 Å². The first-order chi connectivity index (χ1) is 16.5. The van der Waals surface area contributed by atoms with E-state index in [1.807, 2.05) is 0 Å². The van der Waals surface area contributed by atoms with Gasteiger partial charge in [0.15, 0.2) is 0 Å². The van der Waals surface area contributed by atoms with Crippen LogP contribution in [0.1, 0.15) is 12.0 Å². The van der Waals surface area contributed by atoms with Gasteiger partial charge in [-0.05, 0) is 5.56 Å². The third kappa shape index (κ3) is 7.29. The summed E-state index contributed by atoms with van der Waals surface area (Å²) in [6.45, 7) is -0.129.